The summed E-state index contributed by atoms with van der Waals surface area (Å²) in [5, 5.41) is 0. The first-order valence-corrected chi connectivity index (χ1v) is 10.3. The van der Waals surface area contributed by atoms with Crippen LogP contribution in [-0.2, 0) is 4.57 Å². The average molecular weight is 370 g/mol. The molecule has 1 rings (SSSR count). The van der Waals surface area contributed by atoms with Crippen LogP contribution in [0.5, 0.6) is 0 Å². The third-order valence-corrected chi connectivity index (χ3v) is 4.19. The van der Waals surface area contributed by atoms with Gasteiger partial charge in [0.1, 0.15) is 0 Å². The van der Waals surface area contributed by atoms with Gasteiger partial charge in [0.05, 0.1) is 0 Å². The van der Waals surface area contributed by atoms with E-state index in [1.807, 2.05) is 0 Å². The fraction of sp³-hybridized carbons (Fsp3) is 1.00. The van der Waals surface area contributed by atoms with Crippen LogP contribution in [-0.4, -0.2) is 73.8 Å². The van der Waals surface area contributed by atoms with Gasteiger partial charge in [0.25, 0.3) is 0 Å². The average Bonchev–Trinajstić information content (AvgIpc) is 2.32. The second kappa shape index (κ2) is 20.4. The zero-order valence-electron chi connectivity index (χ0n) is 13.7. The summed E-state index contributed by atoms with van der Waals surface area (Å²) in [4.78, 5) is 21.6. The number of phosphoric acid groups is 1. The number of hydrogen-bond donors (Lipinski definition) is 3. The molecule has 0 bridgehead atoms. The van der Waals surface area contributed by atoms with Gasteiger partial charge in [-0.2, -0.15) is 0 Å². The van der Waals surface area contributed by atoms with E-state index >= 15 is 0 Å². The van der Waals surface area contributed by atoms with Crippen molar-refractivity contribution in [1.82, 2.24) is 0 Å². The van der Waals surface area contributed by atoms with E-state index in [0.717, 1.165) is 5.92 Å². The van der Waals surface area contributed by atoms with Crippen molar-refractivity contribution in [2.75, 3.05) is 0 Å². The molecule has 7 heteroatoms. The Labute approximate surface area is 187 Å². The second-order valence-electron chi connectivity index (χ2n) is 6.28. The Morgan fingerprint density at radius 2 is 1.13 bits per heavy atom. The summed E-state index contributed by atoms with van der Waals surface area (Å²) in [6, 6.07) is 0. The molecule has 4 nitrogen and oxygen atoms in total. The van der Waals surface area contributed by atoms with Gasteiger partial charge in [-0.3, -0.25) is 0 Å². The number of unbranched alkanes of at least 4 members (excludes halogenated alkanes) is 9. The molecular formula is C16H37Na2O4P. The van der Waals surface area contributed by atoms with E-state index in [4.69, 9.17) is 19.2 Å². The van der Waals surface area contributed by atoms with Crippen LogP contribution in [0.3, 0.4) is 0 Å². The molecule has 0 aromatic carbocycles. The van der Waals surface area contributed by atoms with Gasteiger partial charge in [0, 0.05) is 0 Å². The van der Waals surface area contributed by atoms with Crippen LogP contribution in [0.25, 0.3) is 0 Å². The Morgan fingerprint density at radius 1 is 0.783 bits per heavy atom. The molecule has 0 aromatic rings. The van der Waals surface area contributed by atoms with Gasteiger partial charge in [0.15, 0.2) is 0 Å². The normalized spacial score (nSPS) is 13.9. The molecule has 0 aliphatic heterocycles. The molecule has 1 aliphatic rings. The molecule has 1 saturated carbocycles. The van der Waals surface area contributed by atoms with Crippen LogP contribution in [0.15, 0.2) is 0 Å². The first kappa shape index (κ1) is 29.9. The van der Waals surface area contributed by atoms with Crippen LogP contribution >= 0.6 is 7.82 Å². The molecule has 0 amide bonds. The molecular weight excluding hydrogens is 333 g/mol. The fourth-order valence-corrected chi connectivity index (χ4v) is 2.70. The Kier molecular flexibility index (Phi) is 26.5. The minimum atomic E-state index is -4.64. The second-order valence-corrected chi connectivity index (χ2v) is 7.31. The summed E-state index contributed by atoms with van der Waals surface area (Å²) in [6.07, 6.45) is 20.9. The predicted octanol–water partition coefficient (Wildman–Crippen LogP) is 3.87. The first-order chi connectivity index (χ1) is 9.93. The maximum absolute atomic E-state index is 8.88. The summed E-state index contributed by atoms with van der Waals surface area (Å²) in [5.41, 5.74) is 0. The van der Waals surface area contributed by atoms with Crippen molar-refractivity contribution in [2.45, 2.75) is 96.8 Å². The van der Waals surface area contributed by atoms with E-state index in [0.29, 0.717) is 0 Å². The van der Waals surface area contributed by atoms with Gasteiger partial charge in [-0.15, -0.1) is 0 Å². The van der Waals surface area contributed by atoms with Gasteiger partial charge in [-0.05, 0) is 5.92 Å². The minimum absolute atomic E-state index is 0. The van der Waals surface area contributed by atoms with E-state index in [1.165, 1.54) is 89.9 Å². The summed E-state index contributed by atoms with van der Waals surface area (Å²) < 4.78 is 8.88. The van der Waals surface area contributed by atoms with E-state index in [2.05, 4.69) is 6.92 Å². The standard InChI is InChI=1S/C16H32.2Na.H3O4P.2H/c1-2-3-4-5-6-7-8-9-10-11-13-16-14-12-15-16;;;1-5(2,3)4;;/h16H,2-15H2,1H3;;;(H3,1,2,3,4);;. The molecule has 132 valence electrons. The van der Waals surface area contributed by atoms with Crippen LogP contribution in [0.2, 0.25) is 0 Å². The number of rotatable bonds is 11. The topological polar surface area (TPSA) is 77.8 Å². The Balaban J connectivity index is -0.000000502. The third kappa shape index (κ3) is 29.1. The third-order valence-electron chi connectivity index (χ3n) is 4.19. The fourth-order valence-electron chi connectivity index (χ4n) is 2.70. The molecule has 0 aromatic heterocycles. The zero-order chi connectivity index (χ0) is 16.0. The van der Waals surface area contributed by atoms with Crippen molar-refractivity contribution < 1.29 is 19.2 Å². The van der Waals surface area contributed by atoms with Crippen LogP contribution in [0.4, 0.5) is 0 Å². The quantitative estimate of drug-likeness (QED) is 0.293. The summed E-state index contributed by atoms with van der Waals surface area (Å²) >= 11 is 0. The van der Waals surface area contributed by atoms with Gasteiger partial charge >= 0.3 is 66.9 Å². The van der Waals surface area contributed by atoms with Crippen molar-refractivity contribution in [3.8, 4) is 0 Å². The first-order valence-electron chi connectivity index (χ1n) is 8.71. The van der Waals surface area contributed by atoms with E-state index in [-0.39, 0.29) is 59.1 Å². The number of hydrogen-bond acceptors (Lipinski definition) is 1. The summed E-state index contributed by atoms with van der Waals surface area (Å²) in [7, 11) is -4.64. The van der Waals surface area contributed by atoms with Gasteiger partial charge in [-0.25, -0.2) is 4.57 Å². The molecule has 0 atom stereocenters. The Hall–Kier alpha value is 2.11. The summed E-state index contributed by atoms with van der Waals surface area (Å²) in [5.74, 6) is 1.13. The molecule has 0 radical (unpaired) electrons. The Morgan fingerprint density at radius 3 is 1.43 bits per heavy atom. The van der Waals surface area contributed by atoms with Crippen molar-refractivity contribution in [3.05, 3.63) is 0 Å². The van der Waals surface area contributed by atoms with Gasteiger partial charge in [0.2, 0.25) is 0 Å². The van der Waals surface area contributed by atoms with Crippen molar-refractivity contribution in [3.63, 3.8) is 0 Å². The van der Waals surface area contributed by atoms with Crippen molar-refractivity contribution in [1.29, 1.82) is 0 Å². The van der Waals surface area contributed by atoms with E-state index < -0.39 is 7.82 Å². The predicted molar refractivity (Wildman–Crippen MR) is 102 cm³/mol. The molecule has 1 fully saturated rings. The SMILES string of the molecule is CCCCCCCCCCCCC1CCC1.O=P(O)(O)O.[NaH].[NaH]. The maximum atomic E-state index is 8.88. The van der Waals surface area contributed by atoms with E-state index in [9.17, 15) is 0 Å². The molecule has 0 spiro atoms. The molecule has 1 aliphatic carbocycles. The molecule has 0 unspecified atom stereocenters. The van der Waals surface area contributed by atoms with Crippen LogP contribution in [0, 0.1) is 5.92 Å². The van der Waals surface area contributed by atoms with Crippen molar-refractivity contribution in [2.24, 2.45) is 5.92 Å². The molecule has 0 saturated heterocycles. The zero-order valence-corrected chi connectivity index (χ0v) is 14.6. The van der Waals surface area contributed by atoms with Gasteiger partial charge in [-0.1, -0.05) is 96.8 Å². The Bertz CT molecular complexity index is 263. The monoisotopic (exact) mass is 370 g/mol. The van der Waals surface area contributed by atoms with E-state index in [1.54, 1.807) is 0 Å². The summed E-state index contributed by atoms with van der Waals surface area (Å²) in [6.45, 7) is 2.29. The molecule has 0 heterocycles. The van der Waals surface area contributed by atoms with Crippen LogP contribution < -0.4 is 0 Å². The molecule has 23 heavy (non-hydrogen) atoms. The molecule has 3 N–H and O–H groups in total. The van der Waals surface area contributed by atoms with Crippen LogP contribution in [0.1, 0.15) is 96.8 Å². The van der Waals surface area contributed by atoms with Gasteiger partial charge < -0.3 is 14.7 Å². The van der Waals surface area contributed by atoms with Crippen molar-refractivity contribution >= 4 is 66.9 Å².